The summed E-state index contributed by atoms with van der Waals surface area (Å²) in [6, 6.07) is 5.29. The molecule has 1 aromatic carbocycles. The lowest BCUT2D eigenvalue weighted by molar-refractivity contribution is -0.142. The number of carboxylic acid groups (broad SMARTS) is 1. The van der Waals surface area contributed by atoms with Crippen molar-refractivity contribution < 1.29 is 14.7 Å². The number of nitrogens with two attached hydrogens (primary N) is 1. The Morgan fingerprint density at radius 3 is 2.59 bits per heavy atom. The normalized spacial score (nSPS) is 15.5. The molecule has 0 spiro atoms. The molecule has 0 saturated carbocycles. The van der Waals surface area contributed by atoms with Crippen LogP contribution in [0.2, 0.25) is 0 Å². The summed E-state index contributed by atoms with van der Waals surface area (Å²) in [5.74, 6) is -1.70. The van der Waals surface area contributed by atoms with E-state index in [0.29, 0.717) is 28.8 Å². The van der Waals surface area contributed by atoms with Gasteiger partial charge in [-0.3, -0.25) is 9.59 Å². The van der Waals surface area contributed by atoms with Crippen LogP contribution < -0.4 is 10.6 Å². The summed E-state index contributed by atoms with van der Waals surface area (Å²) in [6.07, 6.45) is 0. The first-order valence-corrected chi connectivity index (χ1v) is 5.86. The number of anilines is 1. The van der Waals surface area contributed by atoms with Crippen molar-refractivity contribution in [1.82, 2.24) is 0 Å². The molecule has 1 heterocycles. The molecule has 6 heteroatoms. The molecular weight excluding hydrogens is 288 g/mol. The SMILES string of the molecule is NC(=O)c1c(Br)cccc1N1CC(C(=O)O)C1. The largest absolute Gasteiger partial charge is 0.481 e. The van der Waals surface area contributed by atoms with Gasteiger partial charge in [0.2, 0.25) is 0 Å². The molecule has 0 radical (unpaired) electrons. The molecular formula is C11H11BrN2O3. The molecule has 1 saturated heterocycles. The van der Waals surface area contributed by atoms with Crippen LogP contribution in [0.1, 0.15) is 10.4 Å². The second-order valence-corrected chi connectivity index (χ2v) is 4.79. The van der Waals surface area contributed by atoms with Crippen molar-refractivity contribution >= 4 is 33.5 Å². The fourth-order valence-corrected chi connectivity index (χ4v) is 2.40. The van der Waals surface area contributed by atoms with Gasteiger partial charge in [0.15, 0.2) is 0 Å². The summed E-state index contributed by atoms with van der Waals surface area (Å²) < 4.78 is 0.626. The number of carboxylic acids is 1. The summed E-state index contributed by atoms with van der Waals surface area (Å²) in [6.45, 7) is 0.818. The zero-order valence-electron chi connectivity index (χ0n) is 8.89. The number of primary amides is 1. The van der Waals surface area contributed by atoms with E-state index in [2.05, 4.69) is 15.9 Å². The number of benzene rings is 1. The number of hydrogen-bond acceptors (Lipinski definition) is 3. The molecule has 0 atom stereocenters. The Hall–Kier alpha value is -1.56. The minimum absolute atomic E-state index is 0.366. The third-order valence-electron chi connectivity index (χ3n) is 2.81. The van der Waals surface area contributed by atoms with Gasteiger partial charge in [0.05, 0.1) is 17.2 Å². The van der Waals surface area contributed by atoms with E-state index < -0.39 is 11.9 Å². The van der Waals surface area contributed by atoms with Crippen molar-refractivity contribution in [3.63, 3.8) is 0 Å². The van der Waals surface area contributed by atoms with E-state index in [9.17, 15) is 9.59 Å². The Morgan fingerprint density at radius 1 is 1.41 bits per heavy atom. The van der Waals surface area contributed by atoms with Gasteiger partial charge in [-0.15, -0.1) is 0 Å². The van der Waals surface area contributed by atoms with E-state index in [-0.39, 0.29) is 5.92 Å². The van der Waals surface area contributed by atoms with Crippen molar-refractivity contribution in [2.24, 2.45) is 11.7 Å². The number of aliphatic carboxylic acids is 1. The molecule has 5 nitrogen and oxygen atoms in total. The number of nitrogens with zero attached hydrogens (tertiary/aromatic N) is 1. The maximum atomic E-state index is 11.4. The summed E-state index contributed by atoms with van der Waals surface area (Å²) in [4.78, 5) is 23.9. The van der Waals surface area contributed by atoms with E-state index in [0.717, 1.165) is 0 Å². The highest BCUT2D eigenvalue weighted by atomic mass is 79.9. The fraction of sp³-hybridized carbons (Fsp3) is 0.273. The first-order valence-electron chi connectivity index (χ1n) is 5.06. The predicted octanol–water partition coefficient (Wildman–Crippen LogP) is 1.07. The highest BCUT2D eigenvalue weighted by Gasteiger charge is 2.34. The molecule has 1 amide bonds. The molecule has 2 rings (SSSR count). The van der Waals surface area contributed by atoms with Crippen molar-refractivity contribution in [1.29, 1.82) is 0 Å². The van der Waals surface area contributed by atoms with E-state index in [1.807, 2.05) is 4.90 Å². The number of carbonyl (C=O) groups is 2. The maximum Gasteiger partial charge on any atom is 0.310 e. The Bertz CT molecular complexity index is 484. The Labute approximate surface area is 106 Å². The van der Waals surface area contributed by atoms with Crippen molar-refractivity contribution in [2.45, 2.75) is 0 Å². The van der Waals surface area contributed by atoms with E-state index in [4.69, 9.17) is 10.8 Å². The maximum absolute atomic E-state index is 11.4. The smallest absolute Gasteiger partial charge is 0.310 e. The Kier molecular flexibility index (Phi) is 3.06. The van der Waals surface area contributed by atoms with E-state index in [1.165, 1.54) is 0 Å². The summed E-state index contributed by atoms with van der Waals surface area (Å²) in [5, 5.41) is 8.80. The van der Waals surface area contributed by atoms with Gasteiger partial charge < -0.3 is 15.7 Å². The topological polar surface area (TPSA) is 83.6 Å². The third kappa shape index (κ3) is 2.12. The molecule has 1 aliphatic heterocycles. The van der Waals surface area contributed by atoms with E-state index >= 15 is 0 Å². The average molecular weight is 299 g/mol. The summed E-state index contributed by atoms with van der Waals surface area (Å²) in [7, 11) is 0. The van der Waals surface area contributed by atoms with Crippen molar-refractivity contribution in [3.8, 4) is 0 Å². The molecule has 1 fully saturated rings. The second kappa shape index (κ2) is 4.37. The van der Waals surface area contributed by atoms with Crippen LogP contribution in [-0.2, 0) is 4.79 Å². The molecule has 0 unspecified atom stereocenters. The minimum atomic E-state index is -0.808. The zero-order valence-corrected chi connectivity index (χ0v) is 10.5. The van der Waals surface area contributed by atoms with Crippen LogP contribution in [0, 0.1) is 5.92 Å². The van der Waals surface area contributed by atoms with Crippen molar-refractivity contribution in [2.75, 3.05) is 18.0 Å². The van der Waals surface area contributed by atoms with Gasteiger partial charge in [0, 0.05) is 17.6 Å². The lowest BCUT2D eigenvalue weighted by Crippen LogP contribution is -2.51. The van der Waals surface area contributed by atoms with Crippen LogP contribution >= 0.6 is 15.9 Å². The first-order chi connectivity index (χ1) is 8.00. The Morgan fingerprint density at radius 2 is 2.06 bits per heavy atom. The third-order valence-corrected chi connectivity index (χ3v) is 3.47. The van der Waals surface area contributed by atoms with Gasteiger partial charge in [-0.2, -0.15) is 0 Å². The van der Waals surface area contributed by atoms with Crippen LogP contribution in [0.25, 0.3) is 0 Å². The average Bonchev–Trinajstić information content (AvgIpc) is 2.13. The molecule has 3 N–H and O–H groups in total. The number of rotatable bonds is 3. The number of amides is 1. The number of hydrogen-bond donors (Lipinski definition) is 2. The van der Waals surface area contributed by atoms with Gasteiger partial charge in [-0.1, -0.05) is 6.07 Å². The highest BCUT2D eigenvalue weighted by Crippen LogP contribution is 2.32. The van der Waals surface area contributed by atoms with Gasteiger partial charge in [0.25, 0.3) is 5.91 Å². The Balaban J connectivity index is 2.26. The van der Waals surface area contributed by atoms with Gasteiger partial charge in [-0.05, 0) is 28.1 Å². The van der Waals surface area contributed by atoms with Gasteiger partial charge >= 0.3 is 5.97 Å². The highest BCUT2D eigenvalue weighted by molar-refractivity contribution is 9.10. The molecule has 1 aromatic rings. The molecule has 0 aromatic heterocycles. The van der Waals surface area contributed by atoms with E-state index in [1.54, 1.807) is 18.2 Å². The van der Waals surface area contributed by atoms with Crippen LogP contribution in [0.4, 0.5) is 5.69 Å². The van der Waals surface area contributed by atoms with Crippen LogP contribution in [0.3, 0.4) is 0 Å². The lowest BCUT2D eigenvalue weighted by Gasteiger charge is -2.39. The molecule has 1 aliphatic rings. The molecule has 0 bridgehead atoms. The predicted molar refractivity (Wildman–Crippen MR) is 66.0 cm³/mol. The summed E-state index contributed by atoms with van der Waals surface area (Å²) in [5.41, 5.74) is 6.40. The molecule has 90 valence electrons. The van der Waals surface area contributed by atoms with Gasteiger partial charge in [0.1, 0.15) is 0 Å². The molecule has 17 heavy (non-hydrogen) atoms. The first kappa shape index (κ1) is 11.9. The zero-order chi connectivity index (χ0) is 12.6. The van der Waals surface area contributed by atoms with Crippen LogP contribution in [0.5, 0.6) is 0 Å². The monoisotopic (exact) mass is 298 g/mol. The second-order valence-electron chi connectivity index (χ2n) is 3.94. The van der Waals surface area contributed by atoms with Crippen molar-refractivity contribution in [3.05, 3.63) is 28.2 Å². The number of halogens is 1. The quantitative estimate of drug-likeness (QED) is 0.874. The molecule has 0 aliphatic carbocycles. The minimum Gasteiger partial charge on any atom is -0.481 e. The standard InChI is InChI=1S/C11H11BrN2O3/c12-7-2-1-3-8(9(7)10(13)15)14-4-6(5-14)11(16)17/h1-3,6H,4-5H2,(H2,13,15)(H,16,17). The lowest BCUT2D eigenvalue weighted by atomic mass is 9.98. The summed E-state index contributed by atoms with van der Waals surface area (Å²) >= 11 is 3.27. The number of carbonyl (C=O) groups excluding carboxylic acids is 1. The van der Waals surface area contributed by atoms with Crippen LogP contribution in [-0.4, -0.2) is 30.1 Å². The van der Waals surface area contributed by atoms with Crippen LogP contribution in [0.15, 0.2) is 22.7 Å². The fourth-order valence-electron chi connectivity index (χ4n) is 1.85. The van der Waals surface area contributed by atoms with Gasteiger partial charge in [-0.25, -0.2) is 0 Å².